The third-order valence-corrected chi connectivity index (χ3v) is 2.66. The van der Waals surface area contributed by atoms with E-state index in [4.69, 9.17) is 0 Å². The highest BCUT2D eigenvalue weighted by Gasteiger charge is 2.15. The Hall–Kier alpha value is -0.330. The van der Waals surface area contributed by atoms with Crippen LogP contribution in [0.15, 0.2) is 0 Å². The maximum atomic E-state index is 10.4. The zero-order chi connectivity index (χ0) is 8.10. The van der Waals surface area contributed by atoms with Gasteiger partial charge in [-0.15, -0.1) is 0 Å². The van der Waals surface area contributed by atoms with Gasteiger partial charge in [0.25, 0.3) is 0 Å². The van der Waals surface area contributed by atoms with Gasteiger partial charge in [0.15, 0.2) is 0 Å². The maximum Gasteiger partial charge on any atom is 0.122 e. The second-order valence-electron chi connectivity index (χ2n) is 3.85. The molecule has 0 unspecified atom stereocenters. The Labute approximate surface area is 69.2 Å². The molecule has 1 heteroatoms. The fourth-order valence-corrected chi connectivity index (χ4v) is 2.00. The summed E-state index contributed by atoms with van der Waals surface area (Å²) >= 11 is 0. The Bertz CT molecular complexity index is 114. The van der Waals surface area contributed by atoms with Gasteiger partial charge < -0.3 is 4.79 Å². The molecule has 0 aliphatic heterocycles. The molecule has 0 aromatic rings. The largest absolute Gasteiger partial charge is 0.303 e. The number of carbonyl (C=O) groups excluding carboxylic acids is 1. The molecule has 0 radical (unpaired) electrons. The summed E-state index contributed by atoms with van der Waals surface area (Å²) < 4.78 is 0. The van der Waals surface area contributed by atoms with Gasteiger partial charge >= 0.3 is 0 Å². The molecule has 1 saturated carbocycles. The van der Waals surface area contributed by atoms with E-state index < -0.39 is 0 Å². The Morgan fingerprint density at radius 3 is 2.55 bits per heavy atom. The molecule has 1 nitrogen and oxygen atoms in total. The van der Waals surface area contributed by atoms with Crippen molar-refractivity contribution in [2.75, 3.05) is 0 Å². The van der Waals surface area contributed by atoms with Crippen molar-refractivity contribution in [3.8, 4) is 0 Å². The van der Waals surface area contributed by atoms with E-state index in [1.54, 1.807) is 0 Å². The van der Waals surface area contributed by atoms with Crippen LogP contribution in [0.3, 0.4) is 0 Å². The molecule has 11 heavy (non-hydrogen) atoms. The average Bonchev–Trinajstić information content (AvgIpc) is 2.06. The molecule has 0 heterocycles. The number of aldehydes is 1. The first-order valence-corrected chi connectivity index (χ1v) is 4.78. The SMILES string of the molecule is C[C@H](C=O)CC1CCCCC1. The van der Waals surface area contributed by atoms with Crippen LogP contribution in [0.1, 0.15) is 45.4 Å². The fourth-order valence-electron chi connectivity index (χ4n) is 2.00. The van der Waals surface area contributed by atoms with Gasteiger partial charge in [-0.3, -0.25) is 0 Å². The highest BCUT2D eigenvalue weighted by molar-refractivity contribution is 5.52. The Morgan fingerprint density at radius 1 is 1.36 bits per heavy atom. The van der Waals surface area contributed by atoms with Crippen LogP contribution in [-0.2, 0) is 4.79 Å². The minimum atomic E-state index is 0.290. The lowest BCUT2D eigenvalue weighted by molar-refractivity contribution is -0.111. The monoisotopic (exact) mass is 154 g/mol. The van der Waals surface area contributed by atoms with Crippen molar-refractivity contribution >= 4 is 6.29 Å². The minimum absolute atomic E-state index is 0.290. The van der Waals surface area contributed by atoms with E-state index >= 15 is 0 Å². The summed E-state index contributed by atoms with van der Waals surface area (Å²) in [6, 6.07) is 0. The molecule has 64 valence electrons. The molecule has 0 bridgehead atoms. The maximum absolute atomic E-state index is 10.4. The summed E-state index contributed by atoms with van der Waals surface area (Å²) in [5.74, 6) is 1.14. The van der Waals surface area contributed by atoms with Crippen LogP contribution in [0, 0.1) is 11.8 Å². The van der Waals surface area contributed by atoms with Crippen molar-refractivity contribution in [1.29, 1.82) is 0 Å². The minimum Gasteiger partial charge on any atom is -0.303 e. The number of carbonyl (C=O) groups is 1. The standard InChI is InChI=1S/C10H18O/c1-9(8-11)7-10-5-3-2-4-6-10/h8-10H,2-7H2,1H3/t9-/m0/s1. The molecule has 0 aromatic heterocycles. The zero-order valence-corrected chi connectivity index (χ0v) is 7.38. The van der Waals surface area contributed by atoms with Crippen molar-refractivity contribution < 1.29 is 4.79 Å². The van der Waals surface area contributed by atoms with Gasteiger partial charge in [-0.2, -0.15) is 0 Å². The van der Waals surface area contributed by atoms with E-state index in [1.165, 1.54) is 32.1 Å². The van der Waals surface area contributed by atoms with Crippen molar-refractivity contribution in [3.05, 3.63) is 0 Å². The van der Waals surface area contributed by atoms with Crippen LogP contribution in [-0.4, -0.2) is 6.29 Å². The second kappa shape index (κ2) is 4.53. The van der Waals surface area contributed by atoms with Crippen molar-refractivity contribution in [3.63, 3.8) is 0 Å². The third kappa shape index (κ3) is 3.04. The Balaban J connectivity index is 2.18. The lowest BCUT2D eigenvalue weighted by Gasteiger charge is -2.22. The number of rotatable bonds is 3. The Kier molecular flexibility index (Phi) is 3.61. The van der Waals surface area contributed by atoms with Crippen molar-refractivity contribution in [1.82, 2.24) is 0 Å². The zero-order valence-electron chi connectivity index (χ0n) is 7.38. The normalized spacial score (nSPS) is 23.0. The van der Waals surface area contributed by atoms with E-state index in [0.29, 0.717) is 0 Å². The van der Waals surface area contributed by atoms with E-state index in [2.05, 4.69) is 0 Å². The number of hydrogen-bond donors (Lipinski definition) is 0. The molecule has 1 fully saturated rings. The van der Waals surface area contributed by atoms with Gasteiger partial charge in [0.2, 0.25) is 0 Å². The highest BCUT2D eigenvalue weighted by Crippen LogP contribution is 2.28. The molecule has 0 spiro atoms. The second-order valence-corrected chi connectivity index (χ2v) is 3.85. The van der Waals surface area contributed by atoms with Gasteiger partial charge in [0.05, 0.1) is 0 Å². The lowest BCUT2D eigenvalue weighted by atomic mass is 9.84. The van der Waals surface area contributed by atoms with E-state index in [-0.39, 0.29) is 5.92 Å². The van der Waals surface area contributed by atoms with Crippen LogP contribution in [0.2, 0.25) is 0 Å². The quantitative estimate of drug-likeness (QED) is 0.571. The third-order valence-electron chi connectivity index (χ3n) is 2.66. The van der Waals surface area contributed by atoms with E-state index in [1.807, 2.05) is 6.92 Å². The molecule has 1 aliphatic carbocycles. The summed E-state index contributed by atoms with van der Waals surface area (Å²) in [5, 5.41) is 0. The summed E-state index contributed by atoms with van der Waals surface area (Å²) in [6.45, 7) is 2.03. The van der Waals surface area contributed by atoms with Gasteiger partial charge in [0, 0.05) is 5.92 Å². The predicted molar refractivity (Wildman–Crippen MR) is 46.4 cm³/mol. The molecule has 0 N–H and O–H groups in total. The van der Waals surface area contributed by atoms with Crippen LogP contribution in [0.4, 0.5) is 0 Å². The van der Waals surface area contributed by atoms with Crippen molar-refractivity contribution in [2.45, 2.75) is 45.4 Å². The Morgan fingerprint density at radius 2 is 2.00 bits per heavy atom. The highest BCUT2D eigenvalue weighted by atomic mass is 16.1. The van der Waals surface area contributed by atoms with Gasteiger partial charge in [0.1, 0.15) is 6.29 Å². The first-order valence-electron chi connectivity index (χ1n) is 4.78. The van der Waals surface area contributed by atoms with Crippen LogP contribution in [0.25, 0.3) is 0 Å². The van der Waals surface area contributed by atoms with Crippen LogP contribution >= 0.6 is 0 Å². The average molecular weight is 154 g/mol. The fraction of sp³-hybridized carbons (Fsp3) is 0.900. The summed E-state index contributed by atoms with van der Waals surface area (Å²) in [7, 11) is 0. The van der Waals surface area contributed by atoms with Crippen LogP contribution < -0.4 is 0 Å². The summed E-state index contributed by atoms with van der Waals surface area (Å²) in [4.78, 5) is 10.4. The van der Waals surface area contributed by atoms with E-state index in [9.17, 15) is 4.79 Å². The topological polar surface area (TPSA) is 17.1 Å². The molecule has 1 atom stereocenters. The van der Waals surface area contributed by atoms with Gasteiger partial charge in [-0.05, 0) is 12.3 Å². The lowest BCUT2D eigenvalue weighted by Crippen LogP contribution is -2.10. The van der Waals surface area contributed by atoms with Crippen molar-refractivity contribution in [2.24, 2.45) is 11.8 Å². The molecular weight excluding hydrogens is 136 g/mol. The summed E-state index contributed by atoms with van der Waals surface area (Å²) in [5.41, 5.74) is 0. The first-order chi connectivity index (χ1) is 5.33. The summed E-state index contributed by atoms with van der Waals surface area (Å²) in [6.07, 6.45) is 9.12. The molecule has 1 aliphatic rings. The molecular formula is C10H18O. The van der Waals surface area contributed by atoms with Crippen LogP contribution in [0.5, 0.6) is 0 Å². The smallest absolute Gasteiger partial charge is 0.122 e. The van der Waals surface area contributed by atoms with Gasteiger partial charge in [-0.1, -0.05) is 39.0 Å². The number of hydrogen-bond acceptors (Lipinski definition) is 1. The van der Waals surface area contributed by atoms with E-state index in [0.717, 1.165) is 18.6 Å². The molecule has 0 amide bonds. The predicted octanol–water partition coefficient (Wildman–Crippen LogP) is 2.79. The molecule has 1 rings (SSSR count). The van der Waals surface area contributed by atoms with Gasteiger partial charge in [-0.25, -0.2) is 0 Å². The first kappa shape index (κ1) is 8.76. The molecule has 0 aromatic carbocycles. The molecule has 0 saturated heterocycles.